The zero-order chi connectivity index (χ0) is 24.6. The molecular weight excluding hydrogens is 454 g/mol. The lowest BCUT2D eigenvalue weighted by atomic mass is 9.74. The minimum absolute atomic E-state index is 0.0588. The van der Waals surface area contributed by atoms with Gasteiger partial charge in [0.05, 0.1) is 11.7 Å². The highest BCUT2D eigenvalue weighted by Crippen LogP contribution is 2.40. The standard InChI is InChI=1S/C26H42ClN3O4/c1-33-12-4-3-10-26(32,20-7-5-9-22(27)16-20)21-8-6-11-30(18-21)25(31)29-17-23(28)13-19-14-24(15-19)34-2/h5,7,9,16,19,21,23-24,32H,3-4,6,8,10-15,17-18,28H2,1-2H3,(H,29,31)/t19?,21-,23-,24?,26-/m1/s1. The Labute approximate surface area is 209 Å². The first kappa shape index (κ1) is 27.2. The van der Waals surface area contributed by atoms with E-state index in [0.717, 1.165) is 50.5 Å². The zero-order valence-corrected chi connectivity index (χ0v) is 21.4. The number of benzene rings is 1. The van der Waals surface area contributed by atoms with E-state index in [1.165, 1.54) is 0 Å². The second-order valence-corrected chi connectivity index (χ2v) is 10.5. The highest BCUT2D eigenvalue weighted by atomic mass is 35.5. The molecule has 1 aromatic rings. The Morgan fingerprint density at radius 2 is 2.15 bits per heavy atom. The molecule has 34 heavy (non-hydrogen) atoms. The van der Waals surface area contributed by atoms with E-state index in [1.54, 1.807) is 14.2 Å². The maximum atomic E-state index is 13.0. The number of unbranched alkanes of at least 4 members (excludes halogenated alkanes) is 1. The van der Waals surface area contributed by atoms with Crippen LogP contribution in [0.1, 0.15) is 56.9 Å². The van der Waals surface area contributed by atoms with E-state index in [4.69, 9.17) is 26.8 Å². The molecule has 1 heterocycles. The van der Waals surface area contributed by atoms with E-state index < -0.39 is 5.60 Å². The van der Waals surface area contributed by atoms with Gasteiger partial charge in [0.25, 0.3) is 0 Å². The van der Waals surface area contributed by atoms with E-state index in [0.29, 0.717) is 49.7 Å². The number of piperidine rings is 1. The van der Waals surface area contributed by atoms with Crippen molar-refractivity contribution in [2.24, 2.45) is 17.6 Å². The molecule has 2 fully saturated rings. The molecule has 4 N–H and O–H groups in total. The molecule has 0 aromatic heterocycles. The van der Waals surface area contributed by atoms with Gasteiger partial charge in [-0.05, 0) is 75.0 Å². The van der Waals surface area contributed by atoms with Crippen molar-refractivity contribution in [1.29, 1.82) is 0 Å². The molecule has 2 amide bonds. The molecule has 1 saturated carbocycles. The Balaban J connectivity index is 1.57. The predicted octanol–water partition coefficient (Wildman–Crippen LogP) is 3.91. The number of nitrogens with two attached hydrogens (primary N) is 1. The molecule has 0 bridgehead atoms. The fourth-order valence-corrected chi connectivity index (χ4v) is 5.63. The highest BCUT2D eigenvalue weighted by Gasteiger charge is 2.41. The summed E-state index contributed by atoms with van der Waals surface area (Å²) in [6, 6.07) is 7.33. The lowest BCUT2D eigenvalue weighted by molar-refractivity contribution is -0.0563. The monoisotopic (exact) mass is 495 g/mol. The van der Waals surface area contributed by atoms with Crippen LogP contribution in [-0.4, -0.2) is 68.6 Å². The smallest absolute Gasteiger partial charge is 0.317 e. The molecule has 7 nitrogen and oxygen atoms in total. The molecule has 3 rings (SSSR count). The summed E-state index contributed by atoms with van der Waals surface area (Å²) < 4.78 is 10.5. The number of ether oxygens (including phenoxy) is 2. The van der Waals surface area contributed by atoms with Crippen LogP contribution in [-0.2, 0) is 15.1 Å². The first-order valence-corrected chi connectivity index (χ1v) is 13.0. The number of nitrogens with zero attached hydrogens (tertiary/aromatic N) is 1. The molecule has 8 heteroatoms. The molecule has 1 aliphatic carbocycles. The molecule has 1 aromatic carbocycles. The van der Waals surface area contributed by atoms with Crippen LogP contribution in [0, 0.1) is 11.8 Å². The Morgan fingerprint density at radius 1 is 1.35 bits per heavy atom. The minimum atomic E-state index is -1.05. The first-order chi connectivity index (χ1) is 16.4. The van der Waals surface area contributed by atoms with Gasteiger partial charge in [-0.3, -0.25) is 0 Å². The number of urea groups is 1. The van der Waals surface area contributed by atoms with Crippen LogP contribution in [0.25, 0.3) is 0 Å². The molecular formula is C26H42ClN3O4. The number of hydrogen-bond acceptors (Lipinski definition) is 5. The van der Waals surface area contributed by atoms with Crippen molar-refractivity contribution in [1.82, 2.24) is 10.2 Å². The summed E-state index contributed by atoms with van der Waals surface area (Å²) in [5, 5.41) is 15.6. The van der Waals surface area contributed by atoms with E-state index in [1.807, 2.05) is 29.2 Å². The third-order valence-electron chi connectivity index (χ3n) is 7.54. The topological polar surface area (TPSA) is 97.1 Å². The van der Waals surface area contributed by atoms with Gasteiger partial charge in [0.15, 0.2) is 0 Å². The Morgan fingerprint density at radius 3 is 2.85 bits per heavy atom. The Kier molecular flexibility index (Phi) is 10.5. The SMILES string of the molecule is COCCCC[C@@](O)(c1cccc(Cl)c1)[C@@H]1CCCN(C(=O)NC[C@H](N)CC2CC(OC)C2)C1. The molecule has 0 spiro atoms. The summed E-state index contributed by atoms with van der Waals surface area (Å²) in [5.74, 6) is 0.518. The predicted molar refractivity (Wildman–Crippen MR) is 135 cm³/mol. The van der Waals surface area contributed by atoms with Crippen LogP contribution in [0.15, 0.2) is 24.3 Å². The minimum Gasteiger partial charge on any atom is -0.385 e. The van der Waals surface area contributed by atoms with Crippen LogP contribution >= 0.6 is 11.6 Å². The number of carbonyl (C=O) groups excluding carboxylic acids is 1. The van der Waals surface area contributed by atoms with Gasteiger partial charge in [-0.25, -0.2) is 4.79 Å². The van der Waals surface area contributed by atoms with Crippen molar-refractivity contribution in [3.05, 3.63) is 34.9 Å². The maximum Gasteiger partial charge on any atom is 0.317 e. The van der Waals surface area contributed by atoms with Gasteiger partial charge in [-0.2, -0.15) is 0 Å². The van der Waals surface area contributed by atoms with E-state index in [-0.39, 0.29) is 18.0 Å². The lowest BCUT2D eigenvalue weighted by Crippen LogP contribution is -2.52. The summed E-state index contributed by atoms with van der Waals surface area (Å²) in [6.45, 7) is 2.32. The third kappa shape index (κ3) is 7.31. The van der Waals surface area contributed by atoms with Crippen molar-refractivity contribution >= 4 is 17.6 Å². The number of carbonyl (C=O) groups is 1. The molecule has 1 saturated heterocycles. The van der Waals surface area contributed by atoms with Crippen molar-refractivity contribution in [3.8, 4) is 0 Å². The van der Waals surface area contributed by atoms with E-state index >= 15 is 0 Å². The number of rotatable bonds is 12. The van der Waals surface area contributed by atoms with Crippen LogP contribution in [0.5, 0.6) is 0 Å². The van der Waals surface area contributed by atoms with Crippen LogP contribution in [0.4, 0.5) is 4.79 Å². The van der Waals surface area contributed by atoms with Gasteiger partial charge in [0.2, 0.25) is 0 Å². The van der Waals surface area contributed by atoms with Gasteiger partial charge in [0, 0.05) is 57.4 Å². The number of amides is 2. The van der Waals surface area contributed by atoms with Gasteiger partial charge in [0.1, 0.15) is 0 Å². The average Bonchev–Trinajstić information content (AvgIpc) is 2.82. The lowest BCUT2D eigenvalue weighted by Gasteiger charge is -2.43. The van der Waals surface area contributed by atoms with E-state index in [2.05, 4.69) is 5.32 Å². The molecule has 0 radical (unpaired) electrons. The molecule has 1 aliphatic heterocycles. The second-order valence-electron chi connectivity index (χ2n) is 10.0. The zero-order valence-electron chi connectivity index (χ0n) is 20.7. The van der Waals surface area contributed by atoms with Gasteiger partial charge >= 0.3 is 6.03 Å². The van der Waals surface area contributed by atoms with Crippen molar-refractivity contribution in [3.63, 3.8) is 0 Å². The molecule has 0 unspecified atom stereocenters. The first-order valence-electron chi connectivity index (χ1n) is 12.6. The number of halogens is 1. The van der Waals surface area contributed by atoms with Crippen LogP contribution in [0.2, 0.25) is 5.02 Å². The number of aliphatic hydroxyl groups is 1. The number of hydrogen-bond donors (Lipinski definition) is 3. The summed E-state index contributed by atoms with van der Waals surface area (Å²) >= 11 is 6.27. The summed E-state index contributed by atoms with van der Waals surface area (Å²) in [6.07, 6.45) is 7.40. The summed E-state index contributed by atoms with van der Waals surface area (Å²) in [7, 11) is 3.44. The van der Waals surface area contributed by atoms with Crippen LogP contribution < -0.4 is 11.1 Å². The number of likely N-dealkylation sites (tertiary alicyclic amines) is 1. The third-order valence-corrected chi connectivity index (χ3v) is 7.78. The van der Waals surface area contributed by atoms with Gasteiger partial charge in [-0.15, -0.1) is 0 Å². The summed E-state index contributed by atoms with van der Waals surface area (Å²) in [4.78, 5) is 14.8. The number of nitrogens with one attached hydrogen (secondary N) is 1. The van der Waals surface area contributed by atoms with E-state index in [9.17, 15) is 9.90 Å². The van der Waals surface area contributed by atoms with Crippen molar-refractivity contribution < 1.29 is 19.4 Å². The molecule has 192 valence electrons. The molecule has 3 atom stereocenters. The summed E-state index contributed by atoms with van der Waals surface area (Å²) in [5.41, 5.74) is 6.05. The maximum absolute atomic E-state index is 13.0. The Hall–Kier alpha value is -1.38. The normalized spacial score (nSPS) is 25.3. The highest BCUT2D eigenvalue weighted by molar-refractivity contribution is 6.30. The largest absolute Gasteiger partial charge is 0.385 e. The fourth-order valence-electron chi connectivity index (χ4n) is 5.44. The molecule has 2 aliphatic rings. The van der Waals surface area contributed by atoms with Gasteiger partial charge in [-0.1, -0.05) is 23.7 Å². The number of methoxy groups -OCH3 is 2. The van der Waals surface area contributed by atoms with Crippen molar-refractivity contribution in [2.45, 2.75) is 69.1 Å². The fraction of sp³-hybridized carbons (Fsp3) is 0.731. The quantitative estimate of drug-likeness (QED) is 0.382. The average molecular weight is 496 g/mol. The van der Waals surface area contributed by atoms with Crippen molar-refractivity contribution in [2.75, 3.05) is 40.5 Å². The van der Waals surface area contributed by atoms with Gasteiger partial charge < -0.3 is 30.5 Å². The second kappa shape index (κ2) is 13.1. The Bertz CT molecular complexity index is 776. The van der Waals surface area contributed by atoms with Crippen LogP contribution in [0.3, 0.4) is 0 Å².